The quantitative estimate of drug-likeness (QED) is 0.474. The third kappa shape index (κ3) is 0.351. The zero-order valence-corrected chi connectivity index (χ0v) is 5.38. The summed E-state index contributed by atoms with van der Waals surface area (Å²) in [5.74, 6) is 3.03. The lowest BCUT2D eigenvalue weighted by Gasteiger charge is -2.22. The molecule has 0 radical (unpaired) electrons. The lowest BCUT2D eigenvalue weighted by Crippen LogP contribution is -2.28. The highest BCUT2D eigenvalue weighted by atomic mass is 14.7. The first-order valence-electron chi connectivity index (χ1n) is 3.85. The third-order valence-corrected chi connectivity index (χ3v) is 3.24. The van der Waals surface area contributed by atoms with Crippen LogP contribution >= 0.6 is 0 Å². The van der Waals surface area contributed by atoms with E-state index in [0.29, 0.717) is 6.04 Å². The van der Waals surface area contributed by atoms with Gasteiger partial charge in [-0.25, -0.2) is 0 Å². The van der Waals surface area contributed by atoms with Crippen LogP contribution in [0.5, 0.6) is 0 Å². The van der Waals surface area contributed by atoms with Gasteiger partial charge in [0.2, 0.25) is 0 Å². The van der Waals surface area contributed by atoms with E-state index < -0.39 is 0 Å². The summed E-state index contributed by atoms with van der Waals surface area (Å²) < 4.78 is 0. The van der Waals surface area contributed by atoms with Crippen LogP contribution in [0.1, 0.15) is 12.8 Å². The molecule has 2 fully saturated rings. The lowest BCUT2D eigenvalue weighted by atomic mass is 9.87. The average molecular weight is 121 g/mol. The van der Waals surface area contributed by atoms with Gasteiger partial charge in [0.05, 0.1) is 0 Å². The number of hydrogen-bond donors (Lipinski definition) is 1. The Morgan fingerprint density at radius 3 is 3.11 bits per heavy atom. The van der Waals surface area contributed by atoms with Gasteiger partial charge < -0.3 is 5.73 Å². The van der Waals surface area contributed by atoms with Crippen molar-refractivity contribution < 1.29 is 0 Å². The van der Waals surface area contributed by atoms with Gasteiger partial charge >= 0.3 is 0 Å². The summed E-state index contributed by atoms with van der Waals surface area (Å²) in [6.07, 6.45) is 5.06. The van der Waals surface area contributed by atoms with Crippen LogP contribution in [0.25, 0.3) is 0 Å². The number of hydrogen-bond acceptors (Lipinski definition) is 1. The van der Waals surface area contributed by atoms with Crippen molar-refractivity contribution in [1.82, 2.24) is 0 Å². The average Bonchev–Trinajstić information content (AvgIpc) is 2.35. The Hall–Kier alpha value is -0.300. The van der Waals surface area contributed by atoms with Crippen molar-refractivity contribution in [3.05, 3.63) is 11.6 Å². The Morgan fingerprint density at radius 1 is 1.44 bits per heavy atom. The fourth-order valence-electron chi connectivity index (χ4n) is 2.59. The molecule has 0 bridgehead atoms. The molecule has 2 saturated carbocycles. The van der Waals surface area contributed by atoms with E-state index >= 15 is 0 Å². The number of rotatable bonds is 0. The Bertz CT molecular complexity index is 195. The SMILES string of the molecule is NC1CCC2C3C=C1C32. The van der Waals surface area contributed by atoms with Gasteiger partial charge in [-0.3, -0.25) is 0 Å². The summed E-state index contributed by atoms with van der Waals surface area (Å²) in [7, 11) is 0. The monoisotopic (exact) mass is 121 g/mol. The molecular weight excluding hydrogens is 110 g/mol. The second-order valence-corrected chi connectivity index (χ2v) is 3.62. The Labute approximate surface area is 54.9 Å². The molecule has 0 aliphatic heterocycles. The molecule has 48 valence electrons. The summed E-state index contributed by atoms with van der Waals surface area (Å²) in [5.41, 5.74) is 7.46. The van der Waals surface area contributed by atoms with E-state index in [4.69, 9.17) is 5.73 Å². The van der Waals surface area contributed by atoms with Crippen LogP contribution in [0, 0.1) is 17.8 Å². The standard InChI is InChI=1S/C8H11N/c9-7-2-1-4-5-3-6(7)8(4)5/h3-5,7-8H,1-2,9H2. The molecular formula is C8H11N. The van der Waals surface area contributed by atoms with E-state index in [2.05, 4.69) is 6.08 Å². The van der Waals surface area contributed by atoms with E-state index in [1.165, 1.54) is 12.8 Å². The largest absolute Gasteiger partial charge is 0.324 e. The highest BCUT2D eigenvalue weighted by Gasteiger charge is 2.59. The minimum atomic E-state index is 0.449. The molecule has 0 amide bonds. The highest BCUT2D eigenvalue weighted by molar-refractivity contribution is 5.40. The van der Waals surface area contributed by atoms with Crippen molar-refractivity contribution in [2.45, 2.75) is 18.9 Å². The van der Waals surface area contributed by atoms with Gasteiger partial charge in [0.1, 0.15) is 0 Å². The summed E-state index contributed by atoms with van der Waals surface area (Å²) in [5, 5.41) is 0. The molecule has 0 aromatic rings. The van der Waals surface area contributed by atoms with E-state index in [1.54, 1.807) is 5.57 Å². The fourth-order valence-corrected chi connectivity index (χ4v) is 2.59. The molecule has 3 rings (SSSR count). The van der Waals surface area contributed by atoms with E-state index in [-0.39, 0.29) is 0 Å². The Morgan fingerprint density at radius 2 is 2.33 bits per heavy atom. The van der Waals surface area contributed by atoms with E-state index in [9.17, 15) is 0 Å². The fraction of sp³-hybridized carbons (Fsp3) is 0.750. The molecule has 0 heterocycles. The molecule has 4 atom stereocenters. The van der Waals surface area contributed by atoms with Gasteiger partial charge in [-0.15, -0.1) is 0 Å². The highest BCUT2D eigenvalue weighted by Crippen LogP contribution is 2.65. The number of allylic oxidation sites excluding steroid dienone is 1. The number of nitrogens with two attached hydrogens (primary N) is 1. The predicted molar refractivity (Wildman–Crippen MR) is 35.8 cm³/mol. The first-order chi connectivity index (χ1) is 4.38. The predicted octanol–water partition coefficient (Wildman–Crippen LogP) is 0.910. The van der Waals surface area contributed by atoms with Gasteiger partial charge in [0.15, 0.2) is 0 Å². The van der Waals surface area contributed by atoms with Crippen molar-refractivity contribution in [3.63, 3.8) is 0 Å². The summed E-state index contributed by atoms with van der Waals surface area (Å²) >= 11 is 0. The van der Waals surface area contributed by atoms with Crippen molar-refractivity contribution in [1.29, 1.82) is 0 Å². The summed E-state index contributed by atoms with van der Waals surface area (Å²) in [6, 6.07) is 0.449. The van der Waals surface area contributed by atoms with Crippen LogP contribution in [0.3, 0.4) is 0 Å². The topological polar surface area (TPSA) is 26.0 Å². The first kappa shape index (κ1) is 4.51. The molecule has 3 aliphatic carbocycles. The van der Waals surface area contributed by atoms with Crippen LogP contribution in [0.2, 0.25) is 0 Å². The maximum Gasteiger partial charge on any atom is 0.0256 e. The Kier molecular flexibility index (Phi) is 0.552. The van der Waals surface area contributed by atoms with Gasteiger partial charge in [-0.1, -0.05) is 11.6 Å². The minimum Gasteiger partial charge on any atom is -0.324 e. The van der Waals surface area contributed by atoms with Crippen LogP contribution in [-0.2, 0) is 0 Å². The van der Waals surface area contributed by atoms with Crippen molar-refractivity contribution >= 4 is 0 Å². The molecule has 0 saturated heterocycles. The first-order valence-corrected chi connectivity index (χ1v) is 3.85. The molecule has 2 N–H and O–H groups in total. The molecule has 3 aliphatic rings. The third-order valence-electron chi connectivity index (χ3n) is 3.24. The molecule has 0 aromatic heterocycles. The van der Waals surface area contributed by atoms with E-state index in [0.717, 1.165) is 17.8 Å². The maximum atomic E-state index is 5.86. The molecule has 0 aromatic carbocycles. The Balaban J connectivity index is 2.00. The van der Waals surface area contributed by atoms with Crippen molar-refractivity contribution in [2.24, 2.45) is 23.5 Å². The maximum absolute atomic E-state index is 5.86. The smallest absolute Gasteiger partial charge is 0.0256 e. The molecule has 1 nitrogen and oxygen atoms in total. The molecule has 4 unspecified atom stereocenters. The molecule has 1 heteroatoms. The summed E-state index contributed by atoms with van der Waals surface area (Å²) in [4.78, 5) is 0. The van der Waals surface area contributed by atoms with Crippen LogP contribution in [-0.4, -0.2) is 6.04 Å². The van der Waals surface area contributed by atoms with Gasteiger partial charge in [-0.05, 0) is 30.6 Å². The zero-order chi connectivity index (χ0) is 6.01. The van der Waals surface area contributed by atoms with Gasteiger partial charge in [0.25, 0.3) is 0 Å². The van der Waals surface area contributed by atoms with Gasteiger partial charge in [0, 0.05) is 6.04 Å². The second-order valence-electron chi connectivity index (χ2n) is 3.62. The summed E-state index contributed by atoms with van der Waals surface area (Å²) in [6.45, 7) is 0. The van der Waals surface area contributed by atoms with Gasteiger partial charge in [-0.2, -0.15) is 0 Å². The lowest BCUT2D eigenvalue weighted by molar-refractivity contribution is 0.518. The zero-order valence-electron chi connectivity index (χ0n) is 5.38. The normalized spacial score (nSPS) is 59.4. The second kappa shape index (κ2) is 1.10. The molecule has 9 heavy (non-hydrogen) atoms. The van der Waals surface area contributed by atoms with Crippen molar-refractivity contribution in [2.75, 3.05) is 0 Å². The van der Waals surface area contributed by atoms with Crippen LogP contribution in [0.4, 0.5) is 0 Å². The van der Waals surface area contributed by atoms with Crippen molar-refractivity contribution in [3.8, 4) is 0 Å². The van der Waals surface area contributed by atoms with E-state index in [1.807, 2.05) is 0 Å². The molecule has 0 spiro atoms. The van der Waals surface area contributed by atoms with Crippen LogP contribution < -0.4 is 5.73 Å². The number of fused-ring (bicyclic) bond motifs is 1. The minimum absolute atomic E-state index is 0.449. The van der Waals surface area contributed by atoms with Crippen LogP contribution in [0.15, 0.2) is 11.6 Å².